The maximum absolute atomic E-state index is 12.1. The standard InChI is InChI=1S/C13H24N2O2/c1-9-12(3-2-8-14-9)13(17)15-10-4-6-11(16)7-5-10/h9-12,14,16H,2-8H2,1H3,(H,15,17). The van der Waals surface area contributed by atoms with E-state index >= 15 is 0 Å². The summed E-state index contributed by atoms with van der Waals surface area (Å²) in [7, 11) is 0. The first-order chi connectivity index (χ1) is 8.16. The smallest absolute Gasteiger partial charge is 0.224 e. The molecule has 1 saturated heterocycles. The lowest BCUT2D eigenvalue weighted by atomic mass is 9.89. The molecule has 98 valence electrons. The van der Waals surface area contributed by atoms with Crippen LogP contribution in [0.25, 0.3) is 0 Å². The summed E-state index contributed by atoms with van der Waals surface area (Å²) < 4.78 is 0. The Kier molecular flexibility index (Phi) is 4.40. The minimum absolute atomic E-state index is 0.121. The van der Waals surface area contributed by atoms with Crippen molar-refractivity contribution in [2.75, 3.05) is 6.54 Å². The molecule has 2 unspecified atom stereocenters. The molecule has 4 heteroatoms. The van der Waals surface area contributed by atoms with Gasteiger partial charge in [-0.15, -0.1) is 0 Å². The number of aliphatic hydroxyl groups is 1. The average Bonchev–Trinajstić information content (AvgIpc) is 2.32. The zero-order valence-electron chi connectivity index (χ0n) is 10.6. The summed E-state index contributed by atoms with van der Waals surface area (Å²) in [6.45, 7) is 3.12. The predicted octanol–water partition coefficient (Wildman–Crippen LogP) is 0.794. The molecule has 0 radical (unpaired) electrons. The van der Waals surface area contributed by atoms with Crippen molar-refractivity contribution < 1.29 is 9.90 Å². The minimum Gasteiger partial charge on any atom is -0.393 e. The van der Waals surface area contributed by atoms with Crippen LogP contribution in [0.2, 0.25) is 0 Å². The highest BCUT2D eigenvalue weighted by Gasteiger charge is 2.29. The van der Waals surface area contributed by atoms with Gasteiger partial charge in [0.25, 0.3) is 0 Å². The first-order valence-electron chi connectivity index (χ1n) is 6.88. The molecule has 0 aromatic heterocycles. The van der Waals surface area contributed by atoms with Crippen LogP contribution in [0.5, 0.6) is 0 Å². The number of aliphatic hydroxyl groups excluding tert-OH is 1. The van der Waals surface area contributed by atoms with Crippen molar-refractivity contribution in [1.82, 2.24) is 10.6 Å². The summed E-state index contributed by atoms with van der Waals surface area (Å²) >= 11 is 0. The molecular formula is C13H24N2O2. The minimum atomic E-state index is -0.154. The Labute approximate surface area is 103 Å². The summed E-state index contributed by atoms with van der Waals surface area (Å²) in [6, 6.07) is 0.568. The number of hydrogen-bond donors (Lipinski definition) is 3. The second-order valence-corrected chi connectivity index (χ2v) is 5.51. The monoisotopic (exact) mass is 240 g/mol. The summed E-state index contributed by atoms with van der Waals surface area (Å²) in [5.41, 5.74) is 0. The second-order valence-electron chi connectivity index (χ2n) is 5.51. The van der Waals surface area contributed by atoms with Gasteiger partial charge in [-0.1, -0.05) is 0 Å². The Balaban J connectivity index is 1.79. The molecule has 4 nitrogen and oxygen atoms in total. The van der Waals surface area contributed by atoms with Gasteiger partial charge in [0.05, 0.1) is 12.0 Å². The number of hydrogen-bond acceptors (Lipinski definition) is 3. The molecule has 0 aromatic carbocycles. The molecule has 2 fully saturated rings. The largest absolute Gasteiger partial charge is 0.393 e. The van der Waals surface area contributed by atoms with Crippen molar-refractivity contribution >= 4 is 5.91 Å². The average molecular weight is 240 g/mol. The number of carbonyl (C=O) groups is 1. The van der Waals surface area contributed by atoms with Crippen molar-refractivity contribution in [2.24, 2.45) is 5.92 Å². The molecule has 1 aliphatic heterocycles. The van der Waals surface area contributed by atoms with Crippen molar-refractivity contribution in [3.63, 3.8) is 0 Å². The topological polar surface area (TPSA) is 61.4 Å². The van der Waals surface area contributed by atoms with Crippen LogP contribution in [0.1, 0.15) is 45.4 Å². The van der Waals surface area contributed by atoms with E-state index in [1.54, 1.807) is 0 Å². The van der Waals surface area contributed by atoms with E-state index in [0.29, 0.717) is 0 Å². The Hall–Kier alpha value is -0.610. The van der Waals surface area contributed by atoms with Crippen LogP contribution in [0.3, 0.4) is 0 Å². The normalized spacial score (nSPS) is 38.7. The Morgan fingerprint density at radius 3 is 2.59 bits per heavy atom. The van der Waals surface area contributed by atoms with E-state index in [0.717, 1.165) is 45.1 Å². The van der Waals surface area contributed by atoms with E-state index in [4.69, 9.17) is 0 Å². The van der Waals surface area contributed by atoms with Crippen LogP contribution in [0.4, 0.5) is 0 Å². The molecule has 2 atom stereocenters. The van der Waals surface area contributed by atoms with Gasteiger partial charge < -0.3 is 15.7 Å². The highest BCUT2D eigenvalue weighted by Crippen LogP contribution is 2.21. The molecule has 1 aliphatic carbocycles. The molecule has 3 N–H and O–H groups in total. The second kappa shape index (κ2) is 5.83. The van der Waals surface area contributed by atoms with Crippen LogP contribution in [0, 0.1) is 5.92 Å². The third-order valence-corrected chi connectivity index (χ3v) is 4.14. The summed E-state index contributed by atoms with van der Waals surface area (Å²) in [5, 5.41) is 15.9. The maximum Gasteiger partial charge on any atom is 0.224 e. The van der Waals surface area contributed by atoms with Gasteiger partial charge in [0.15, 0.2) is 0 Å². The van der Waals surface area contributed by atoms with Gasteiger partial charge in [0, 0.05) is 12.1 Å². The van der Waals surface area contributed by atoms with Gasteiger partial charge in [-0.3, -0.25) is 4.79 Å². The molecule has 2 rings (SSSR count). The van der Waals surface area contributed by atoms with E-state index < -0.39 is 0 Å². The molecule has 1 heterocycles. The van der Waals surface area contributed by atoms with Gasteiger partial charge in [-0.2, -0.15) is 0 Å². The van der Waals surface area contributed by atoms with Crippen LogP contribution >= 0.6 is 0 Å². The Morgan fingerprint density at radius 1 is 1.24 bits per heavy atom. The van der Waals surface area contributed by atoms with E-state index in [2.05, 4.69) is 17.6 Å². The molecule has 2 aliphatic rings. The lowest BCUT2D eigenvalue weighted by Crippen LogP contribution is -2.49. The quantitative estimate of drug-likeness (QED) is 0.669. The summed E-state index contributed by atoms with van der Waals surface area (Å²) in [4.78, 5) is 12.1. The first kappa shape index (κ1) is 12.8. The third-order valence-electron chi connectivity index (χ3n) is 4.14. The van der Waals surface area contributed by atoms with Gasteiger partial charge in [0.1, 0.15) is 0 Å². The lowest BCUT2D eigenvalue weighted by Gasteiger charge is -2.32. The maximum atomic E-state index is 12.1. The zero-order valence-corrected chi connectivity index (χ0v) is 10.6. The molecule has 1 amide bonds. The molecular weight excluding hydrogens is 216 g/mol. The summed E-state index contributed by atoms with van der Waals surface area (Å²) in [6.07, 6.45) is 5.41. The Morgan fingerprint density at radius 2 is 1.94 bits per heavy atom. The van der Waals surface area contributed by atoms with Crippen molar-refractivity contribution in [1.29, 1.82) is 0 Å². The Bertz CT molecular complexity index is 262. The van der Waals surface area contributed by atoms with Gasteiger partial charge in [-0.25, -0.2) is 0 Å². The summed E-state index contributed by atoms with van der Waals surface area (Å²) in [5.74, 6) is 0.321. The predicted molar refractivity (Wildman–Crippen MR) is 66.6 cm³/mol. The number of rotatable bonds is 2. The van der Waals surface area contributed by atoms with Gasteiger partial charge >= 0.3 is 0 Å². The molecule has 0 aromatic rings. The van der Waals surface area contributed by atoms with Gasteiger partial charge in [0.2, 0.25) is 5.91 Å². The first-order valence-corrected chi connectivity index (χ1v) is 6.88. The molecule has 0 bridgehead atoms. The van der Waals surface area contributed by atoms with E-state index in [1.807, 2.05) is 0 Å². The fourth-order valence-electron chi connectivity index (χ4n) is 2.93. The van der Waals surface area contributed by atoms with Crippen molar-refractivity contribution in [2.45, 2.75) is 63.6 Å². The number of piperidine rings is 1. The molecule has 0 spiro atoms. The van der Waals surface area contributed by atoms with E-state index in [1.165, 1.54) is 0 Å². The van der Waals surface area contributed by atoms with Gasteiger partial charge in [-0.05, 0) is 52.0 Å². The number of carbonyl (C=O) groups excluding carboxylic acids is 1. The third kappa shape index (κ3) is 3.42. The van der Waals surface area contributed by atoms with Crippen LogP contribution in [0.15, 0.2) is 0 Å². The molecule has 17 heavy (non-hydrogen) atoms. The van der Waals surface area contributed by atoms with Crippen molar-refractivity contribution in [3.8, 4) is 0 Å². The fourth-order valence-corrected chi connectivity index (χ4v) is 2.93. The highest BCUT2D eigenvalue weighted by molar-refractivity contribution is 5.79. The SMILES string of the molecule is CC1NCCCC1C(=O)NC1CCC(O)CC1. The lowest BCUT2D eigenvalue weighted by molar-refractivity contribution is -0.127. The van der Waals surface area contributed by atoms with Crippen molar-refractivity contribution in [3.05, 3.63) is 0 Å². The number of nitrogens with one attached hydrogen (secondary N) is 2. The van der Waals surface area contributed by atoms with E-state index in [9.17, 15) is 9.90 Å². The van der Waals surface area contributed by atoms with E-state index in [-0.39, 0.29) is 30.0 Å². The molecule has 1 saturated carbocycles. The highest BCUT2D eigenvalue weighted by atomic mass is 16.3. The zero-order chi connectivity index (χ0) is 12.3. The van der Waals surface area contributed by atoms with Crippen LogP contribution < -0.4 is 10.6 Å². The number of amides is 1. The van der Waals surface area contributed by atoms with Crippen LogP contribution in [-0.4, -0.2) is 35.7 Å². The fraction of sp³-hybridized carbons (Fsp3) is 0.923. The van der Waals surface area contributed by atoms with Crippen LogP contribution in [-0.2, 0) is 4.79 Å².